The summed E-state index contributed by atoms with van der Waals surface area (Å²) < 4.78 is 0. The van der Waals surface area contributed by atoms with Gasteiger partial charge in [-0.3, -0.25) is 9.59 Å². The van der Waals surface area contributed by atoms with E-state index in [9.17, 15) is 9.59 Å². The van der Waals surface area contributed by atoms with Gasteiger partial charge in [0.1, 0.15) is 9.88 Å². The molecule has 0 saturated carbocycles. The normalized spacial score (nSPS) is 14.2. The lowest BCUT2D eigenvalue weighted by Gasteiger charge is -2.31. The first kappa shape index (κ1) is 24.1. The van der Waals surface area contributed by atoms with Gasteiger partial charge in [-0.25, -0.2) is 4.98 Å². The fourth-order valence-corrected chi connectivity index (χ4v) is 5.44. The van der Waals surface area contributed by atoms with Crippen molar-refractivity contribution in [3.8, 4) is 10.6 Å². The Kier molecular flexibility index (Phi) is 8.12. The molecule has 5 nitrogen and oxygen atoms in total. The van der Waals surface area contributed by atoms with E-state index in [1.165, 1.54) is 22.5 Å². The number of hydrogen-bond donors (Lipinski definition) is 1. The molecule has 0 bridgehead atoms. The zero-order chi connectivity index (χ0) is 23.9. The first-order chi connectivity index (χ1) is 16.5. The van der Waals surface area contributed by atoms with Gasteiger partial charge in [-0.15, -0.1) is 11.3 Å². The smallest absolute Gasteiger partial charge is 0.265 e. The quantitative estimate of drug-likeness (QED) is 0.443. The van der Waals surface area contributed by atoms with Crippen molar-refractivity contribution in [1.82, 2.24) is 15.2 Å². The minimum atomic E-state index is 0.0668. The molecule has 0 spiro atoms. The molecule has 6 heteroatoms. The number of nitrogens with one attached hydrogen (secondary N) is 1. The van der Waals surface area contributed by atoms with Gasteiger partial charge in [0.05, 0.1) is 5.69 Å². The SMILES string of the molecule is Cc1ccc(-c2nc(C)c(C(=O)N3CCC(CC(=O)NCCCc4ccccc4)CC3)s2)cc1. The lowest BCUT2D eigenvalue weighted by molar-refractivity contribution is -0.122. The summed E-state index contributed by atoms with van der Waals surface area (Å²) in [5.41, 5.74) is 4.35. The number of aryl methyl sites for hydroxylation is 3. The van der Waals surface area contributed by atoms with Crippen LogP contribution in [0.4, 0.5) is 0 Å². The lowest BCUT2D eigenvalue weighted by atomic mass is 9.93. The first-order valence-electron chi connectivity index (χ1n) is 12.1. The van der Waals surface area contributed by atoms with Crippen molar-refractivity contribution in [1.29, 1.82) is 0 Å². The molecule has 1 N–H and O–H groups in total. The van der Waals surface area contributed by atoms with Gasteiger partial charge in [0.25, 0.3) is 5.91 Å². The van der Waals surface area contributed by atoms with Crippen molar-refractivity contribution in [3.05, 3.63) is 76.3 Å². The van der Waals surface area contributed by atoms with Crippen molar-refractivity contribution < 1.29 is 9.59 Å². The monoisotopic (exact) mass is 475 g/mol. The molecule has 0 atom stereocenters. The van der Waals surface area contributed by atoms with Gasteiger partial charge in [0.2, 0.25) is 5.91 Å². The maximum Gasteiger partial charge on any atom is 0.265 e. The van der Waals surface area contributed by atoms with Gasteiger partial charge < -0.3 is 10.2 Å². The number of rotatable bonds is 8. The Morgan fingerprint density at radius 2 is 1.74 bits per heavy atom. The number of benzene rings is 2. The minimum absolute atomic E-state index is 0.0668. The second kappa shape index (κ2) is 11.4. The number of carbonyl (C=O) groups excluding carboxylic acids is 2. The average Bonchev–Trinajstić information content (AvgIpc) is 3.24. The molecule has 2 heterocycles. The molecule has 3 aromatic rings. The molecule has 4 rings (SSSR count). The molecular formula is C28H33N3O2S. The highest BCUT2D eigenvalue weighted by Gasteiger charge is 2.27. The lowest BCUT2D eigenvalue weighted by Crippen LogP contribution is -2.39. The van der Waals surface area contributed by atoms with Crippen molar-refractivity contribution in [2.75, 3.05) is 19.6 Å². The maximum atomic E-state index is 13.2. The molecule has 34 heavy (non-hydrogen) atoms. The van der Waals surface area contributed by atoms with E-state index in [2.05, 4.69) is 53.6 Å². The summed E-state index contributed by atoms with van der Waals surface area (Å²) in [6.07, 6.45) is 4.20. The summed E-state index contributed by atoms with van der Waals surface area (Å²) in [5.74, 6) is 0.528. The van der Waals surface area contributed by atoms with E-state index in [0.717, 1.165) is 46.8 Å². The van der Waals surface area contributed by atoms with Crippen molar-refractivity contribution in [3.63, 3.8) is 0 Å². The summed E-state index contributed by atoms with van der Waals surface area (Å²) in [6.45, 7) is 6.07. The van der Waals surface area contributed by atoms with Gasteiger partial charge in [-0.1, -0.05) is 60.2 Å². The molecule has 0 radical (unpaired) electrons. The Morgan fingerprint density at radius 3 is 2.44 bits per heavy atom. The van der Waals surface area contributed by atoms with E-state index >= 15 is 0 Å². The molecule has 1 aromatic heterocycles. The number of aromatic nitrogens is 1. The molecule has 2 aromatic carbocycles. The fourth-order valence-electron chi connectivity index (χ4n) is 4.40. The van der Waals surface area contributed by atoms with Crippen LogP contribution in [0.25, 0.3) is 10.6 Å². The van der Waals surface area contributed by atoms with E-state index in [-0.39, 0.29) is 11.8 Å². The second-order valence-electron chi connectivity index (χ2n) is 9.18. The summed E-state index contributed by atoms with van der Waals surface area (Å²) >= 11 is 1.47. The highest BCUT2D eigenvalue weighted by atomic mass is 32.1. The number of nitrogens with zero attached hydrogens (tertiary/aromatic N) is 2. The topological polar surface area (TPSA) is 62.3 Å². The number of likely N-dealkylation sites (tertiary alicyclic amines) is 1. The second-order valence-corrected chi connectivity index (χ2v) is 10.2. The summed E-state index contributed by atoms with van der Waals surface area (Å²) in [4.78, 5) is 32.8. The summed E-state index contributed by atoms with van der Waals surface area (Å²) in [6, 6.07) is 18.6. The average molecular weight is 476 g/mol. The molecule has 1 saturated heterocycles. The molecule has 1 aliphatic rings. The van der Waals surface area contributed by atoms with Gasteiger partial charge in [0.15, 0.2) is 0 Å². The van der Waals surface area contributed by atoms with Crippen LogP contribution in [0.3, 0.4) is 0 Å². The van der Waals surface area contributed by atoms with E-state index < -0.39 is 0 Å². The Labute approximate surface area is 206 Å². The predicted molar refractivity (Wildman–Crippen MR) is 138 cm³/mol. The standard InChI is InChI=1S/C28H33N3O2S/c1-20-10-12-24(13-11-20)27-30-21(2)26(34-27)28(33)31-17-14-23(15-18-31)19-25(32)29-16-6-9-22-7-4-3-5-8-22/h3-5,7-8,10-13,23H,6,9,14-19H2,1-2H3,(H,29,32). The number of hydrogen-bond acceptors (Lipinski definition) is 4. The summed E-state index contributed by atoms with van der Waals surface area (Å²) in [7, 11) is 0. The Balaban J connectivity index is 1.21. The van der Waals surface area contributed by atoms with Crippen LogP contribution < -0.4 is 5.32 Å². The molecule has 1 fully saturated rings. The number of carbonyl (C=O) groups is 2. The van der Waals surface area contributed by atoms with Crippen LogP contribution in [-0.4, -0.2) is 41.3 Å². The third-order valence-electron chi connectivity index (χ3n) is 6.47. The van der Waals surface area contributed by atoms with E-state index in [0.29, 0.717) is 32.0 Å². The van der Waals surface area contributed by atoms with Crippen molar-refractivity contribution >= 4 is 23.2 Å². The highest BCUT2D eigenvalue weighted by Crippen LogP contribution is 2.30. The van der Waals surface area contributed by atoms with E-state index in [1.807, 2.05) is 30.0 Å². The number of amides is 2. The fraction of sp³-hybridized carbons (Fsp3) is 0.393. The van der Waals surface area contributed by atoms with E-state index in [1.54, 1.807) is 0 Å². The Morgan fingerprint density at radius 1 is 1.03 bits per heavy atom. The van der Waals surface area contributed by atoms with Gasteiger partial charge in [-0.05, 0) is 51.0 Å². The Bertz CT molecular complexity index is 1100. The van der Waals surface area contributed by atoms with Crippen LogP contribution in [0.15, 0.2) is 54.6 Å². The van der Waals surface area contributed by atoms with Crippen LogP contribution in [0.2, 0.25) is 0 Å². The van der Waals surface area contributed by atoms with Crippen LogP contribution >= 0.6 is 11.3 Å². The van der Waals surface area contributed by atoms with Gasteiger partial charge in [-0.2, -0.15) is 0 Å². The van der Waals surface area contributed by atoms with Crippen molar-refractivity contribution in [2.24, 2.45) is 5.92 Å². The van der Waals surface area contributed by atoms with Crippen LogP contribution in [0.5, 0.6) is 0 Å². The molecule has 1 aliphatic heterocycles. The van der Waals surface area contributed by atoms with E-state index in [4.69, 9.17) is 0 Å². The largest absolute Gasteiger partial charge is 0.356 e. The molecule has 0 unspecified atom stereocenters. The third kappa shape index (κ3) is 6.32. The highest BCUT2D eigenvalue weighted by molar-refractivity contribution is 7.17. The molecule has 178 valence electrons. The predicted octanol–water partition coefficient (Wildman–Crippen LogP) is 5.42. The number of thiazole rings is 1. The van der Waals surface area contributed by atoms with Crippen LogP contribution in [0.1, 0.15) is 52.2 Å². The van der Waals surface area contributed by atoms with Gasteiger partial charge >= 0.3 is 0 Å². The number of piperidine rings is 1. The minimum Gasteiger partial charge on any atom is -0.356 e. The summed E-state index contributed by atoms with van der Waals surface area (Å²) in [5, 5.41) is 3.95. The molecule has 2 amide bonds. The molecular weight excluding hydrogens is 442 g/mol. The third-order valence-corrected chi connectivity index (χ3v) is 7.67. The van der Waals surface area contributed by atoms with Crippen LogP contribution in [-0.2, 0) is 11.2 Å². The molecule has 0 aliphatic carbocycles. The zero-order valence-electron chi connectivity index (χ0n) is 20.0. The maximum absolute atomic E-state index is 13.2. The van der Waals surface area contributed by atoms with Crippen molar-refractivity contribution in [2.45, 2.75) is 46.0 Å². The van der Waals surface area contributed by atoms with Crippen LogP contribution in [0, 0.1) is 19.8 Å². The zero-order valence-corrected chi connectivity index (χ0v) is 20.9. The Hall–Kier alpha value is -2.99. The van der Waals surface area contributed by atoms with Gasteiger partial charge in [0, 0.05) is 31.6 Å². The first-order valence-corrected chi connectivity index (χ1v) is 13.0.